The van der Waals surface area contributed by atoms with Crippen molar-refractivity contribution in [2.45, 2.75) is 33.3 Å². The summed E-state index contributed by atoms with van der Waals surface area (Å²) in [5, 5.41) is 0. The van der Waals surface area contributed by atoms with Gasteiger partial charge in [0.15, 0.2) is 17.3 Å². The molecular formula is C16H18O4. The molecule has 1 aromatic carbocycles. The van der Waals surface area contributed by atoms with Crippen molar-refractivity contribution in [1.82, 2.24) is 0 Å². The van der Waals surface area contributed by atoms with Crippen LogP contribution in [0.1, 0.15) is 47.1 Å². The zero-order valence-electron chi connectivity index (χ0n) is 12.1. The molecule has 1 atom stereocenters. The standard InChI is InChI=1S/C16H18O4/c1-9-5-6-10-11(7-9)15(19)13(14(10)18)12(17)8-20-16(2,3)4/h5-7,13H,8H2,1-4H3. The summed E-state index contributed by atoms with van der Waals surface area (Å²) in [6.45, 7) is 7.07. The lowest BCUT2D eigenvalue weighted by molar-refractivity contribution is -0.129. The number of carbonyl (C=O) groups is 3. The van der Waals surface area contributed by atoms with Crippen LogP contribution in [0.3, 0.4) is 0 Å². The highest BCUT2D eigenvalue weighted by Crippen LogP contribution is 2.28. The molecule has 1 aliphatic carbocycles. The molecule has 0 saturated heterocycles. The third-order valence-corrected chi connectivity index (χ3v) is 3.20. The van der Waals surface area contributed by atoms with Gasteiger partial charge in [0.05, 0.1) is 5.60 Å². The van der Waals surface area contributed by atoms with Gasteiger partial charge in [0.1, 0.15) is 12.5 Å². The third kappa shape index (κ3) is 2.70. The molecule has 0 radical (unpaired) electrons. The van der Waals surface area contributed by atoms with Crippen LogP contribution in [-0.2, 0) is 9.53 Å². The van der Waals surface area contributed by atoms with Crippen molar-refractivity contribution >= 4 is 17.3 Å². The summed E-state index contributed by atoms with van der Waals surface area (Å²) < 4.78 is 5.37. The number of hydrogen-bond donors (Lipinski definition) is 0. The van der Waals surface area contributed by atoms with Gasteiger partial charge in [-0.1, -0.05) is 17.7 Å². The van der Waals surface area contributed by atoms with Crippen molar-refractivity contribution in [1.29, 1.82) is 0 Å². The molecule has 0 heterocycles. The number of hydrogen-bond acceptors (Lipinski definition) is 4. The fraction of sp³-hybridized carbons (Fsp3) is 0.438. The lowest BCUT2D eigenvalue weighted by Gasteiger charge is -2.19. The minimum atomic E-state index is -1.23. The summed E-state index contributed by atoms with van der Waals surface area (Å²) in [5.74, 6) is -2.51. The molecule has 4 heteroatoms. The van der Waals surface area contributed by atoms with Crippen molar-refractivity contribution < 1.29 is 19.1 Å². The minimum absolute atomic E-state index is 0.224. The first-order chi connectivity index (χ1) is 9.20. The Hall–Kier alpha value is -1.81. The second kappa shape index (κ2) is 4.94. The maximum absolute atomic E-state index is 12.2. The zero-order chi connectivity index (χ0) is 15.1. The van der Waals surface area contributed by atoms with Gasteiger partial charge in [-0.05, 0) is 33.8 Å². The number of ether oxygens (including phenoxy) is 1. The van der Waals surface area contributed by atoms with E-state index in [0.717, 1.165) is 5.56 Å². The number of fused-ring (bicyclic) bond motifs is 1. The van der Waals surface area contributed by atoms with Crippen molar-refractivity contribution in [3.8, 4) is 0 Å². The van der Waals surface area contributed by atoms with Crippen molar-refractivity contribution in [3.63, 3.8) is 0 Å². The molecule has 0 bridgehead atoms. The molecule has 20 heavy (non-hydrogen) atoms. The quantitative estimate of drug-likeness (QED) is 0.794. The van der Waals surface area contributed by atoms with E-state index in [1.807, 2.05) is 27.7 Å². The minimum Gasteiger partial charge on any atom is -0.368 e. The second-order valence-corrected chi connectivity index (χ2v) is 6.08. The van der Waals surface area contributed by atoms with Crippen LogP contribution in [0.4, 0.5) is 0 Å². The van der Waals surface area contributed by atoms with Crippen LogP contribution in [0.25, 0.3) is 0 Å². The summed E-state index contributed by atoms with van der Waals surface area (Å²) in [5.41, 5.74) is 1.10. The summed E-state index contributed by atoms with van der Waals surface area (Å²) in [6.07, 6.45) is 0. The van der Waals surface area contributed by atoms with Gasteiger partial charge in [0.2, 0.25) is 0 Å². The summed E-state index contributed by atoms with van der Waals surface area (Å²) in [6, 6.07) is 5.04. The third-order valence-electron chi connectivity index (χ3n) is 3.20. The van der Waals surface area contributed by atoms with Crippen molar-refractivity contribution in [3.05, 3.63) is 34.9 Å². The van der Waals surface area contributed by atoms with Crippen molar-refractivity contribution in [2.24, 2.45) is 5.92 Å². The maximum Gasteiger partial charge on any atom is 0.182 e. The van der Waals surface area contributed by atoms with Gasteiger partial charge in [0.25, 0.3) is 0 Å². The number of carbonyl (C=O) groups excluding carboxylic acids is 3. The Bertz CT molecular complexity index is 593. The Morgan fingerprint density at radius 3 is 2.35 bits per heavy atom. The Balaban J connectivity index is 2.22. The van der Waals surface area contributed by atoms with Crippen LogP contribution in [0, 0.1) is 12.8 Å². The lowest BCUT2D eigenvalue weighted by atomic mass is 9.99. The lowest BCUT2D eigenvalue weighted by Crippen LogP contribution is -2.32. The number of rotatable bonds is 3. The molecule has 1 aliphatic rings. The van der Waals surface area contributed by atoms with Gasteiger partial charge >= 0.3 is 0 Å². The molecule has 1 unspecified atom stereocenters. The molecular weight excluding hydrogens is 256 g/mol. The average Bonchev–Trinajstić information content (AvgIpc) is 2.58. The first kappa shape index (κ1) is 14.6. The highest BCUT2D eigenvalue weighted by Gasteiger charge is 2.43. The van der Waals surface area contributed by atoms with Crippen LogP contribution in [0.2, 0.25) is 0 Å². The van der Waals surface area contributed by atoms with E-state index in [1.54, 1.807) is 18.2 Å². The fourth-order valence-corrected chi connectivity index (χ4v) is 2.17. The van der Waals surface area contributed by atoms with Crippen LogP contribution < -0.4 is 0 Å². The van der Waals surface area contributed by atoms with Gasteiger partial charge in [0, 0.05) is 11.1 Å². The van der Waals surface area contributed by atoms with Gasteiger partial charge in [-0.2, -0.15) is 0 Å². The van der Waals surface area contributed by atoms with E-state index in [4.69, 9.17) is 4.74 Å². The molecule has 2 rings (SSSR count). The molecule has 1 aromatic rings. The maximum atomic E-state index is 12.2. The number of aryl methyl sites for hydroxylation is 1. The summed E-state index contributed by atoms with van der Waals surface area (Å²) >= 11 is 0. The summed E-state index contributed by atoms with van der Waals surface area (Å²) in [4.78, 5) is 36.5. The smallest absolute Gasteiger partial charge is 0.182 e. The molecule has 0 aromatic heterocycles. The zero-order valence-corrected chi connectivity index (χ0v) is 12.1. The fourth-order valence-electron chi connectivity index (χ4n) is 2.17. The normalized spacial score (nSPS) is 18.3. The van der Waals surface area contributed by atoms with Crippen molar-refractivity contribution in [2.75, 3.05) is 6.61 Å². The highest BCUT2D eigenvalue weighted by molar-refractivity contribution is 6.35. The van der Waals surface area contributed by atoms with Gasteiger partial charge in [-0.25, -0.2) is 0 Å². The van der Waals surface area contributed by atoms with E-state index in [-0.39, 0.29) is 6.61 Å². The van der Waals surface area contributed by atoms with E-state index in [1.165, 1.54) is 0 Å². The van der Waals surface area contributed by atoms with E-state index in [0.29, 0.717) is 11.1 Å². The predicted octanol–water partition coefficient (Wildman–Crippen LogP) is 2.37. The van der Waals surface area contributed by atoms with E-state index in [2.05, 4.69) is 0 Å². The molecule has 0 N–H and O–H groups in total. The SMILES string of the molecule is Cc1ccc2c(c1)C(=O)C(C(=O)COC(C)(C)C)C2=O. The Morgan fingerprint density at radius 1 is 1.15 bits per heavy atom. The first-order valence-corrected chi connectivity index (χ1v) is 6.56. The summed E-state index contributed by atoms with van der Waals surface area (Å²) in [7, 11) is 0. The monoisotopic (exact) mass is 274 g/mol. The van der Waals surface area contributed by atoms with Crippen LogP contribution in [0.15, 0.2) is 18.2 Å². The molecule has 0 spiro atoms. The van der Waals surface area contributed by atoms with Gasteiger partial charge < -0.3 is 4.74 Å². The van der Waals surface area contributed by atoms with Crippen LogP contribution >= 0.6 is 0 Å². The predicted molar refractivity (Wildman–Crippen MR) is 74.0 cm³/mol. The number of benzene rings is 1. The largest absolute Gasteiger partial charge is 0.368 e. The number of Topliss-reactive ketones (excluding diaryl/α,β-unsaturated/α-hetero) is 3. The van der Waals surface area contributed by atoms with Crippen LogP contribution in [-0.4, -0.2) is 29.6 Å². The Labute approximate surface area is 118 Å². The van der Waals surface area contributed by atoms with Gasteiger partial charge in [-0.15, -0.1) is 0 Å². The van der Waals surface area contributed by atoms with Gasteiger partial charge in [-0.3, -0.25) is 14.4 Å². The molecule has 4 nitrogen and oxygen atoms in total. The number of ketones is 3. The highest BCUT2D eigenvalue weighted by atomic mass is 16.5. The molecule has 0 saturated carbocycles. The topological polar surface area (TPSA) is 60.4 Å². The average molecular weight is 274 g/mol. The molecule has 0 amide bonds. The van der Waals surface area contributed by atoms with Crippen LogP contribution in [0.5, 0.6) is 0 Å². The Morgan fingerprint density at radius 2 is 1.75 bits per heavy atom. The first-order valence-electron chi connectivity index (χ1n) is 6.56. The molecule has 106 valence electrons. The van der Waals surface area contributed by atoms with E-state index >= 15 is 0 Å². The Kier molecular flexibility index (Phi) is 3.61. The van der Waals surface area contributed by atoms with E-state index < -0.39 is 28.9 Å². The second-order valence-electron chi connectivity index (χ2n) is 6.08. The molecule has 0 aliphatic heterocycles. The van der Waals surface area contributed by atoms with E-state index in [9.17, 15) is 14.4 Å². The molecule has 0 fully saturated rings.